The number of alkyl carbamates (subject to hydrolysis) is 1. The first kappa shape index (κ1) is 31.0. The number of carbonyl (C=O) groups excluding carboxylic acids is 4. The molecule has 2 atom stereocenters. The molecule has 0 rings (SSSR count). The molecule has 0 aliphatic heterocycles. The summed E-state index contributed by atoms with van der Waals surface area (Å²) < 4.78 is 15.3. The molecule has 10 nitrogen and oxygen atoms in total. The number of hydrogen-bond acceptors (Lipinski definition) is 8. The Bertz CT molecular complexity index is 645. The first-order chi connectivity index (χ1) is 15.2. The van der Waals surface area contributed by atoms with Crippen molar-refractivity contribution in [1.82, 2.24) is 10.6 Å². The van der Waals surface area contributed by atoms with Crippen LogP contribution in [0.5, 0.6) is 0 Å². The molecule has 194 valence electrons. The summed E-state index contributed by atoms with van der Waals surface area (Å²) in [4.78, 5) is 49.4. The second-order valence-corrected chi connectivity index (χ2v) is 14.2. The van der Waals surface area contributed by atoms with Crippen LogP contribution >= 0.6 is 10.0 Å². The normalized spacial score (nSPS) is 13.9. The molecule has 0 aromatic rings. The number of methoxy groups -OCH3 is 1. The summed E-state index contributed by atoms with van der Waals surface area (Å²) in [6.07, 6.45) is 7.06. The summed E-state index contributed by atoms with van der Waals surface area (Å²) in [5.41, 5.74) is 4.83. The van der Waals surface area contributed by atoms with Gasteiger partial charge in [-0.2, -0.15) is 0 Å². The molecule has 0 aromatic carbocycles. The van der Waals surface area contributed by atoms with Crippen molar-refractivity contribution in [3.63, 3.8) is 0 Å². The number of amides is 2. The van der Waals surface area contributed by atoms with Gasteiger partial charge in [0.25, 0.3) is 0 Å². The van der Waals surface area contributed by atoms with Gasteiger partial charge in [0.2, 0.25) is 5.91 Å². The van der Waals surface area contributed by atoms with E-state index in [1.165, 1.54) is 7.11 Å². The molecule has 0 bridgehead atoms. The molecule has 0 aliphatic carbocycles. The Balaban J connectivity index is 5.21. The lowest BCUT2D eigenvalue weighted by Gasteiger charge is -2.25. The van der Waals surface area contributed by atoms with Gasteiger partial charge in [0.05, 0.1) is 7.11 Å². The molecule has 0 saturated heterocycles. The van der Waals surface area contributed by atoms with Crippen LogP contribution in [0.3, 0.4) is 0 Å². The number of esters is 2. The van der Waals surface area contributed by atoms with Gasteiger partial charge in [0.15, 0.2) is 0 Å². The molecular formula is C22H43N3O7S. The molecule has 0 radical (unpaired) electrons. The van der Waals surface area contributed by atoms with Crippen LogP contribution in [0.1, 0.15) is 52.9 Å². The van der Waals surface area contributed by atoms with E-state index in [4.69, 9.17) is 19.9 Å². The highest BCUT2D eigenvalue weighted by atomic mass is 32.3. The first-order valence-corrected chi connectivity index (χ1v) is 14.1. The molecule has 0 heterocycles. The molecule has 4 N–H and O–H groups in total. The van der Waals surface area contributed by atoms with Crippen molar-refractivity contribution in [3.8, 4) is 0 Å². The number of rotatable bonds is 14. The topological polar surface area (TPSA) is 146 Å². The van der Waals surface area contributed by atoms with E-state index in [9.17, 15) is 19.2 Å². The van der Waals surface area contributed by atoms with Gasteiger partial charge in [0, 0.05) is 12.2 Å². The molecule has 0 fully saturated rings. The predicted molar refractivity (Wildman–Crippen MR) is 130 cm³/mol. The minimum atomic E-state index is -1.09. The van der Waals surface area contributed by atoms with Gasteiger partial charge < -0.3 is 30.6 Å². The Morgan fingerprint density at radius 3 is 2.12 bits per heavy atom. The summed E-state index contributed by atoms with van der Waals surface area (Å²) in [5, 5.41) is 5.12. The zero-order valence-corrected chi connectivity index (χ0v) is 22.0. The van der Waals surface area contributed by atoms with Crippen molar-refractivity contribution < 1.29 is 33.4 Å². The number of hydrogen-bond donors (Lipinski definition) is 3. The predicted octanol–water partition coefficient (Wildman–Crippen LogP) is 1.68. The molecule has 0 unspecified atom stereocenters. The average molecular weight is 494 g/mol. The molecule has 33 heavy (non-hydrogen) atoms. The van der Waals surface area contributed by atoms with E-state index in [0.29, 0.717) is 25.8 Å². The fraction of sp³-hybridized carbons (Fsp3) is 0.818. The minimum absolute atomic E-state index is 0.0168. The third-order valence-corrected chi connectivity index (χ3v) is 5.74. The Morgan fingerprint density at radius 2 is 1.61 bits per heavy atom. The highest BCUT2D eigenvalue weighted by Gasteiger charge is 2.28. The molecule has 0 aromatic heterocycles. The number of ether oxygens (including phenoxy) is 3. The van der Waals surface area contributed by atoms with Crippen LogP contribution in [-0.4, -0.2) is 86.4 Å². The van der Waals surface area contributed by atoms with Crippen LogP contribution in [0.2, 0.25) is 0 Å². The lowest BCUT2D eigenvalue weighted by atomic mass is 10.1. The molecule has 0 aliphatic rings. The number of carbonyl (C=O) groups is 4. The second kappa shape index (κ2) is 15.0. The van der Waals surface area contributed by atoms with Gasteiger partial charge in [-0.25, -0.2) is 19.6 Å². The summed E-state index contributed by atoms with van der Waals surface area (Å²) in [7, 11) is 0.385. The van der Waals surface area contributed by atoms with Crippen LogP contribution in [0.25, 0.3) is 0 Å². The maximum atomic E-state index is 12.9. The lowest BCUT2D eigenvalue weighted by Crippen LogP contribution is -2.52. The Kier molecular flexibility index (Phi) is 14.1. The van der Waals surface area contributed by atoms with E-state index in [1.54, 1.807) is 20.8 Å². The van der Waals surface area contributed by atoms with Crippen LogP contribution in [0, 0.1) is 0 Å². The molecule has 2 amide bonds. The van der Waals surface area contributed by atoms with E-state index in [1.807, 2.05) is 0 Å². The SMILES string of the molecule is COC(=O)[C@H](CCCCN)NC(=O)[C@H](CCC(=O)OC(C)(C)C)NC(=O)OCCS(C)(C)C. The minimum Gasteiger partial charge on any atom is -0.467 e. The third kappa shape index (κ3) is 16.3. The van der Waals surface area contributed by atoms with Gasteiger partial charge in [-0.05, 0) is 71.8 Å². The van der Waals surface area contributed by atoms with E-state index in [0.717, 1.165) is 5.75 Å². The summed E-state index contributed by atoms with van der Waals surface area (Å²) >= 11 is 0. The van der Waals surface area contributed by atoms with Gasteiger partial charge >= 0.3 is 18.0 Å². The standard InChI is InChI=1S/C22H43N3O7S/c1-22(2,3)32-18(26)12-11-16(25-21(29)31-14-15-33(5,6)7)19(27)24-17(20(28)30-4)10-8-9-13-23/h16-17H,8-15,23H2,1-7H3,(H,24,27)(H,25,29)/t16-,17-/m0/s1. The summed E-state index contributed by atoms with van der Waals surface area (Å²) in [5.74, 6) is -0.984. The van der Waals surface area contributed by atoms with Gasteiger partial charge in [0.1, 0.15) is 24.3 Å². The zero-order chi connectivity index (χ0) is 25.7. The number of nitrogens with two attached hydrogens (primary N) is 1. The second-order valence-electron chi connectivity index (χ2n) is 9.62. The maximum Gasteiger partial charge on any atom is 0.407 e. The largest absolute Gasteiger partial charge is 0.467 e. The van der Waals surface area contributed by atoms with Crippen molar-refractivity contribution in [2.45, 2.75) is 70.6 Å². The third-order valence-electron chi connectivity index (χ3n) is 4.34. The first-order valence-electron chi connectivity index (χ1n) is 11.1. The van der Waals surface area contributed by atoms with E-state index in [-0.39, 0.29) is 19.4 Å². The Labute approximate surface area is 199 Å². The summed E-state index contributed by atoms with van der Waals surface area (Å²) in [6, 6.07) is -1.98. The number of nitrogens with one attached hydrogen (secondary N) is 2. The van der Waals surface area contributed by atoms with Crippen LogP contribution in [0.4, 0.5) is 4.79 Å². The molecule has 11 heteroatoms. The highest BCUT2D eigenvalue weighted by Crippen LogP contribution is 2.33. The average Bonchev–Trinajstić information content (AvgIpc) is 2.67. The van der Waals surface area contributed by atoms with Gasteiger partial charge in [-0.1, -0.05) is 0 Å². The van der Waals surface area contributed by atoms with Crippen molar-refractivity contribution in [1.29, 1.82) is 0 Å². The van der Waals surface area contributed by atoms with Gasteiger partial charge in [-0.15, -0.1) is 0 Å². The van der Waals surface area contributed by atoms with E-state index < -0.39 is 51.7 Å². The van der Waals surface area contributed by atoms with Crippen molar-refractivity contribution in [2.24, 2.45) is 5.73 Å². The van der Waals surface area contributed by atoms with Gasteiger partial charge in [-0.3, -0.25) is 9.59 Å². The van der Waals surface area contributed by atoms with Crippen LogP contribution in [-0.2, 0) is 28.6 Å². The summed E-state index contributed by atoms with van der Waals surface area (Å²) in [6.45, 7) is 5.90. The Hall–Kier alpha value is -2.01. The van der Waals surface area contributed by atoms with E-state index in [2.05, 4.69) is 29.4 Å². The highest BCUT2D eigenvalue weighted by molar-refractivity contribution is 8.32. The van der Waals surface area contributed by atoms with Crippen LogP contribution in [0.15, 0.2) is 0 Å². The monoisotopic (exact) mass is 493 g/mol. The Morgan fingerprint density at radius 1 is 0.970 bits per heavy atom. The molecular weight excluding hydrogens is 450 g/mol. The van der Waals surface area contributed by atoms with Crippen molar-refractivity contribution >= 4 is 34.0 Å². The van der Waals surface area contributed by atoms with E-state index >= 15 is 0 Å². The fourth-order valence-corrected chi connectivity index (χ4v) is 3.23. The van der Waals surface area contributed by atoms with Crippen molar-refractivity contribution in [2.75, 3.05) is 44.8 Å². The maximum absolute atomic E-state index is 12.9. The van der Waals surface area contributed by atoms with Crippen molar-refractivity contribution in [3.05, 3.63) is 0 Å². The zero-order valence-electron chi connectivity index (χ0n) is 21.2. The molecule has 0 spiro atoms. The quantitative estimate of drug-likeness (QED) is 0.188. The van der Waals surface area contributed by atoms with Crippen LogP contribution < -0.4 is 16.4 Å². The number of unbranched alkanes of at least 4 members (excludes halogenated alkanes) is 1. The fourth-order valence-electron chi connectivity index (χ4n) is 2.65. The lowest BCUT2D eigenvalue weighted by molar-refractivity contribution is -0.155. The smallest absolute Gasteiger partial charge is 0.407 e. The molecule has 0 saturated carbocycles.